The van der Waals surface area contributed by atoms with Crippen LogP contribution in [-0.4, -0.2) is 32.2 Å². The predicted octanol–water partition coefficient (Wildman–Crippen LogP) is 2.61. The molecule has 0 aliphatic carbocycles. The van der Waals surface area contributed by atoms with Crippen LogP contribution in [0.4, 0.5) is 11.5 Å². The van der Waals surface area contributed by atoms with Crippen molar-refractivity contribution in [3.8, 4) is 0 Å². The van der Waals surface area contributed by atoms with Crippen LogP contribution in [0.2, 0.25) is 0 Å². The number of nitrogens with one attached hydrogen (secondary N) is 1. The Morgan fingerprint density at radius 3 is 2.45 bits per heavy atom. The fourth-order valence-electron chi connectivity index (χ4n) is 2.44. The summed E-state index contributed by atoms with van der Waals surface area (Å²) in [5, 5.41) is 0. The summed E-state index contributed by atoms with van der Waals surface area (Å²) in [5.74, 6) is 0.528. The minimum atomic E-state index is -3.25. The summed E-state index contributed by atoms with van der Waals surface area (Å²) in [6.45, 7) is 3.96. The van der Waals surface area contributed by atoms with Crippen molar-refractivity contribution < 1.29 is 8.42 Å². The van der Waals surface area contributed by atoms with E-state index in [0.717, 1.165) is 18.8 Å². The zero-order valence-corrected chi connectivity index (χ0v) is 12.8. The van der Waals surface area contributed by atoms with Gasteiger partial charge >= 0.3 is 0 Å². The third kappa shape index (κ3) is 4.37. The molecule has 1 N–H and O–H groups in total. The molecule has 0 unspecified atom stereocenters. The zero-order valence-electron chi connectivity index (χ0n) is 12.0. The van der Waals surface area contributed by atoms with Gasteiger partial charge in [0.05, 0.1) is 17.6 Å². The Bertz CT molecular complexity index is 506. The van der Waals surface area contributed by atoms with Crippen LogP contribution in [0.5, 0.6) is 0 Å². The number of sulfonamides is 1. The van der Waals surface area contributed by atoms with E-state index >= 15 is 0 Å². The standard InChI is InChI=1S/C14H23N3O2S/c1-2-11-20(18,19)16-14-8-7-13(12-15-14)17-9-5-3-4-6-10-17/h7-8,12H,2-6,9-11H2,1H3,(H,15,16). The van der Waals surface area contributed by atoms with E-state index in [4.69, 9.17) is 0 Å². The molecule has 1 saturated heterocycles. The quantitative estimate of drug-likeness (QED) is 0.907. The lowest BCUT2D eigenvalue weighted by atomic mass is 10.2. The number of pyridine rings is 1. The van der Waals surface area contributed by atoms with Crippen LogP contribution >= 0.6 is 0 Å². The second-order valence-electron chi connectivity index (χ2n) is 5.22. The van der Waals surface area contributed by atoms with Crippen molar-refractivity contribution in [2.24, 2.45) is 0 Å². The summed E-state index contributed by atoms with van der Waals surface area (Å²) < 4.78 is 25.8. The fourth-order valence-corrected chi connectivity index (χ4v) is 3.52. The number of anilines is 2. The Morgan fingerprint density at radius 2 is 1.90 bits per heavy atom. The summed E-state index contributed by atoms with van der Waals surface area (Å²) in [5.41, 5.74) is 1.07. The maximum atomic E-state index is 11.7. The average Bonchev–Trinajstić information content (AvgIpc) is 2.68. The lowest BCUT2D eigenvalue weighted by molar-refractivity contribution is 0.599. The van der Waals surface area contributed by atoms with Crippen molar-refractivity contribution in [3.05, 3.63) is 18.3 Å². The van der Waals surface area contributed by atoms with Crippen molar-refractivity contribution in [2.45, 2.75) is 39.0 Å². The van der Waals surface area contributed by atoms with Gasteiger partial charge in [-0.05, 0) is 31.4 Å². The molecule has 112 valence electrons. The molecular formula is C14H23N3O2S. The van der Waals surface area contributed by atoms with Crippen LogP contribution < -0.4 is 9.62 Å². The molecule has 2 rings (SSSR count). The maximum Gasteiger partial charge on any atom is 0.233 e. The first-order valence-corrected chi connectivity index (χ1v) is 8.97. The summed E-state index contributed by atoms with van der Waals surface area (Å²) >= 11 is 0. The van der Waals surface area contributed by atoms with Gasteiger partial charge in [0.25, 0.3) is 0 Å². The lowest BCUT2D eigenvalue weighted by Crippen LogP contribution is -2.24. The molecule has 0 spiro atoms. The topological polar surface area (TPSA) is 62.3 Å². The molecule has 0 atom stereocenters. The molecule has 0 bridgehead atoms. The summed E-state index contributed by atoms with van der Waals surface area (Å²) in [7, 11) is -3.25. The Balaban J connectivity index is 2.02. The molecule has 1 aliphatic heterocycles. The molecule has 1 aromatic rings. The molecule has 5 nitrogen and oxygen atoms in total. The van der Waals surface area contributed by atoms with Gasteiger partial charge in [-0.2, -0.15) is 0 Å². The normalized spacial score (nSPS) is 16.8. The Hall–Kier alpha value is -1.30. The molecule has 0 saturated carbocycles. The molecule has 0 aromatic carbocycles. The van der Waals surface area contributed by atoms with E-state index in [1.165, 1.54) is 25.7 Å². The highest BCUT2D eigenvalue weighted by Gasteiger charge is 2.12. The van der Waals surface area contributed by atoms with Gasteiger partial charge in [0.1, 0.15) is 5.82 Å². The van der Waals surface area contributed by atoms with Crippen LogP contribution in [0, 0.1) is 0 Å². The van der Waals surface area contributed by atoms with Crippen molar-refractivity contribution in [3.63, 3.8) is 0 Å². The van der Waals surface area contributed by atoms with E-state index in [-0.39, 0.29) is 5.75 Å². The van der Waals surface area contributed by atoms with E-state index in [1.54, 1.807) is 12.3 Å². The van der Waals surface area contributed by atoms with E-state index in [1.807, 2.05) is 13.0 Å². The van der Waals surface area contributed by atoms with Crippen LogP contribution in [-0.2, 0) is 10.0 Å². The second-order valence-corrected chi connectivity index (χ2v) is 7.07. The van der Waals surface area contributed by atoms with Gasteiger partial charge in [0.15, 0.2) is 0 Å². The minimum absolute atomic E-state index is 0.128. The van der Waals surface area contributed by atoms with Crippen molar-refractivity contribution in [2.75, 3.05) is 28.5 Å². The molecular weight excluding hydrogens is 274 g/mol. The molecule has 0 amide bonds. The molecule has 1 fully saturated rings. The van der Waals surface area contributed by atoms with Crippen LogP contribution in [0.25, 0.3) is 0 Å². The van der Waals surface area contributed by atoms with Crippen LogP contribution in [0.3, 0.4) is 0 Å². The Morgan fingerprint density at radius 1 is 1.20 bits per heavy atom. The van der Waals surface area contributed by atoms with Gasteiger partial charge < -0.3 is 4.90 Å². The molecule has 1 aliphatic rings. The van der Waals surface area contributed by atoms with Crippen LogP contribution in [0.15, 0.2) is 18.3 Å². The van der Waals surface area contributed by atoms with Gasteiger partial charge in [-0.15, -0.1) is 0 Å². The molecule has 20 heavy (non-hydrogen) atoms. The number of nitrogens with zero attached hydrogens (tertiary/aromatic N) is 2. The summed E-state index contributed by atoms with van der Waals surface area (Å²) in [6.07, 6.45) is 7.36. The van der Waals surface area contributed by atoms with Gasteiger partial charge in [0.2, 0.25) is 10.0 Å². The molecule has 0 radical (unpaired) electrons. The smallest absolute Gasteiger partial charge is 0.233 e. The third-order valence-electron chi connectivity index (χ3n) is 3.45. The average molecular weight is 297 g/mol. The number of aromatic nitrogens is 1. The number of hydrogen-bond donors (Lipinski definition) is 1. The highest BCUT2D eigenvalue weighted by Crippen LogP contribution is 2.20. The predicted molar refractivity (Wildman–Crippen MR) is 82.6 cm³/mol. The monoisotopic (exact) mass is 297 g/mol. The number of hydrogen-bond acceptors (Lipinski definition) is 4. The number of rotatable bonds is 5. The van der Waals surface area contributed by atoms with Gasteiger partial charge in [-0.25, -0.2) is 13.4 Å². The van der Waals surface area contributed by atoms with Gasteiger partial charge in [-0.3, -0.25) is 4.72 Å². The van der Waals surface area contributed by atoms with Gasteiger partial charge in [0, 0.05) is 13.1 Å². The SMILES string of the molecule is CCCS(=O)(=O)Nc1ccc(N2CCCCCC2)cn1. The lowest BCUT2D eigenvalue weighted by Gasteiger charge is -2.22. The fraction of sp³-hybridized carbons (Fsp3) is 0.643. The Labute approximate surface area is 121 Å². The van der Waals surface area contributed by atoms with Gasteiger partial charge in [-0.1, -0.05) is 19.8 Å². The van der Waals surface area contributed by atoms with E-state index < -0.39 is 10.0 Å². The van der Waals surface area contributed by atoms with E-state index in [0.29, 0.717) is 12.2 Å². The highest BCUT2D eigenvalue weighted by molar-refractivity contribution is 7.92. The first kappa shape index (κ1) is 15.1. The highest BCUT2D eigenvalue weighted by atomic mass is 32.2. The largest absolute Gasteiger partial charge is 0.370 e. The second kappa shape index (κ2) is 6.92. The molecule has 6 heteroatoms. The maximum absolute atomic E-state index is 11.7. The van der Waals surface area contributed by atoms with Crippen molar-refractivity contribution in [1.29, 1.82) is 0 Å². The van der Waals surface area contributed by atoms with E-state index in [9.17, 15) is 8.42 Å². The van der Waals surface area contributed by atoms with Crippen LogP contribution in [0.1, 0.15) is 39.0 Å². The third-order valence-corrected chi connectivity index (χ3v) is 4.92. The Kier molecular flexibility index (Phi) is 5.23. The van der Waals surface area contributed by atoms with E-state index in [2.05, 4.69) is 14.6 Å². The molecule has 2 heterocycles. The summed E-state index contributed by atoms with van der Waals surface area (Å²) in [6, 6.07) is 3.69. The first-order valence-electron chi connectivity index (χ1n) is 7.32. The molecule has 1 aromatic heterocycles. The van der Waals surface area contributed by atoms with Crippen molar-refractivity contribution >= 4 is 21.5 Å². The zero-order chi connectivity index (χ0) is 14.4. The van der Waals surface area contributed by atoms with Crippen molar-refractivity contribution in [1.82, 2.24) is 4.98 Å². The summed E-state index contributed by atoms with van der Waals surface area (Å²) in [4.78, 5) is 6.54. The minimum Gasteiger partial charge on any atom is -0.370 e. The first-order chi connectivity index (χ1) is 9.61.